The van der Waals surface area contributed by atoms with Crippen molar-refractivity contribution in [2.45, 2.75) is 6.92 Å². The summed E-state index contributed by atoms with van der Waals surface area (Å²) in [5.41, 5.74) is 0.920. The largest absolute Gasteiger partial charge is 0.506 e. The second-order valence-electron chi connectivity index (χ2n) is 4.96. The van der Waals surface area contributed by atoms with Crippen molar-refractivity contribution in [1.82, 2.24) is 5.32 Å². The SMILES string of the molecule is CC(=O)NCC[NH+]1CCN(c2ccccc2O)CC1. The first-order valence-electron chi connectivity index (χ1n) is 6.78. The fourth-order valence-electron chi connectivity index (χ4n) is 2.46. The molecule has 0 unspecified atom stereocenters. The standard InChI is InChI=1S/C14H21N3O2/c1-12(18)15-6-7-16-8-10-17(11-9-16)13-4-2-3-5-14(13)19/h2-5,19H,6-11H2,1H3,(H,15,18)/p+1. The molecule has 104 valence electrons. The predicted octanol–water partition coefficient (Wildman–Crippen LogP) is -0.767. The minimum atomic E-state index is 0.0345. The van der Waals surface area contributed by atoms with Crippen LogP contribution in [0.4, 0.5) is 5.69 Å². The normalized spacial score (nSPS) is 16.4. The van der Waals surface area contributed by atoms with Crippen LogP contribution in [0.3, 0.4) is 0 Å². The number of quaternary nitrogens is 1. The first-order valence-corrected chi connectivity index (χ1v) is 6.78. The smallest absolute Gasteiger partial charge is 0.217 e. The van der Waals surface area contributed by atoms with Crippen LogP contribution in [0.5, 0.6) is 5.75 Å². The minimum absolute atomic E-state index is 0.0345. The van der Waals surface area contributed by atoms with Crippen LogP contribution in [-0.2, 0) is 4.79 Å². The number of phenolic OH excluding ortho intramolecular Hbond substituents is 1. The number of nitrogens with zero attached hydrogens (tertiary/aromatic N) is 1. The van der Waals surface area contributed by atoms with Crippen molar-refractivity contribution in [3.8, 4) is 5.75 Å². The predicted molar refractivity (Wildman–Crippen MR) is 74.6 cm³/mol. The number of carbonyl (C=O) groups excluding carboxylic acids is 1. The second kappa shape index (κ2) is 6.43. The van der Waals surface area contributed by atoms with Crippen LogP contribution in [0.25, 0.3) is 0 Å². The van der Waals surface area contributed by atoms with Gasteiger partial charge in [0.2, 0.25) is 5.91 Å². The Kier molecular flexibility index (Phi) is 4.63. The molecule has 0 spiro atoms. The highest BCUT2D eigenvalue weighted by Gasteiger charge is 2.21. The molecule has 1 amide bonds. The summed E-state index contributed by atoms with van der Waals surface area (Å²) >= 11 is 0. The number of para-hydroxylation sites is 2. The lowest BCUT2D eigenvalue weighted by Gasteiger charge is -2.33. The van der Waals surface area contributed by atoms with Gasteiger partial charge in [-0.3, -0.25) is 4.79 Å². The van der Waals surface area contributed by atoms with Crippen molar-refractivity contribution < 1.29 is 14.8 Å². The Morgan fingerprint density at radius 3 is 2.68 bits per heavy atom. The average molecular weight is 264 g/mol. The molecule has 0 bridgehead atoms. The van der Waals surface area contributed by atoms with E-state index in [0.29, 0.717) is 5.75 Å². The Labute approximate surface area is 113 Å². The maximum Gasteiger partial charge on any atom is 0.217 e. The number of anilines is 1. The number of nitrogens with one attached hydrogen (secondary N) is 2. The van der Waals surface area contributed by atoms with Crippen molar-refractivity contribution in [3.05, 3.63) is 24.3 Å². The molecule has 1 saturated heterocycles. The number of amides is 1. The lowest BCUT2D eigenvalue weighted by atomic mass is 10.2. The van der Waals surface area contributed by atoms with Crippen LogP contribution in [0.15, 0.2) is 24.3 Å². The van der Waals surface area contributed by atoms with Crippen molar-refractivity contribution in [2.75, 3.05) is 44.2 Å². The number of piperazine rings is 1. The average Bonchev–Trinajstić information content (AvgIpc) is 2.40. The summed E-state index contributed by atoms with van der Waals surface area (Å²) in [6, 6.07) is 7.47. The number of hydrogen-bond acceptors (Lipinski definition) is 3. The van der Waals surface area contributed by atoms with Crippen molar-refractivity contribution in [1.29, 1.82) is 0 Å². The van der Waals surface area contributed by atoms with Crippen molar-refractivity contribution >= 4 is 11.6 Å². The molecule has 1 heterocycles. The zero-order valence-electron chi connectivity index (χ0n) is 11.4. The van der Waals surface area contributed by atoms with E-state index >= 15 is 0 Å². The van der Waals surface area contributed by atoms with E-state index in [9.17, 15) is 9.90 Å². The van der Waals surface area contributed by atoms with Crippen LogP contribution in [0.1, 0.15) is 6.92 Å². The summed E-state index contributed by atoms with van der Waals surface area (Å²) in [4.78, 5) is 14.5. The van der Waals surface area contributed by atoms with Crippen LogP contribution >= 0.6 is 0 Å². The topological polar surface area (TPSA) is 57.0 Å². The van der Waals surface area contributed by atoms with Crippen LogP contribution in [0, 0.1) is 0 Å². The third-order valence-corrected chi connectivity index (χ3v) is 3.55. The van der Waals surface area contributed by atoms with Gasteiger partial charge in [-0.25, -0.2) is 0 Å². The highest BCUT2D eigenvalue weighted by Crippen LogP contribution is 2.25. The number of rotatable bonds is 4. The van der Waals surface area contributed by atoms with E-state index in [1.807, 2.05) is 18.2 Å². The van der Waals surface area contributed by atoms with Gasteiger partial charge in [-0.15, -0.1) is 0 Å². The maximum absolute atomic E-state index is 10.8. The molecule has 3 N–H and O–H groups in total. The van der Waals surface area contributed by atoms with Gasteiger partial charge in [0.05, 0.1) is 45.0 Å². The molecule has 1 aromatic carbocycles. The Bertz CT molecular complexity index is 428. The van der Waals surface area contributed by atoms with Gasteiger partial charge in [0.25, 0.3) is 0 Å². The number of carbonyl (C=O) groups is 1. The van der Waals surface area contributed by atoms with Gasteiger partial charge >= 0.3 is 0 Å². The number of aromatic hydroxyl groups is 1. The lowest BCUT2D eigenvalue weighted by Crippen LogP contribution is -3.15. The monoisotopic (exact) mass is 264 g/mol. The number of benzene rings is 1. The first-order chi connectivity index (χ1) is 9.16. The quantitative estimate of drug-likeness (QED) is 0.669. The molecule has 0 atom stereocenters. The zero-order chi connectivity index (χ0) is 13.7. The molecular formula is C14H22N3O2+. The second-order valence-corrected chi connectivity index (χ2v) is 4.96. The van der Waals surface area contributed by atoms with E-state index in [4.69, 9.17) is 0 Å². The molecule has 1 aliphatic rings. The molecule has 0 aromatic heterocycles. The van der Waals surface area contributed by atoms with Crippen LogP contribution in [-0.4, -0.2) is 50.3 Å². The van der Waals surface area contributed by atoms with Gasteiger partial charge in [0.1, 0.15) is 5.75 Å². The summed E-state index contributed by atoms with van der Waals surface area (Å²) < 4.78 is 0. The van der Waals surface area contributed by atoms with E-state index in [2.05, 4.69) is 10.2 Å². The van der Waals surface area contributed by atoms with Gasteiger partial charge in [-0.1, -0.05) is 12.1 Å². The van der Waals surface area contributed by atoms with E-state index in [0.717, 1.165) is 45.0 Å². The molecule has 5 heteroatoms. The van der Waals surface area contributed by atoms with Gasteiger partial charge in [-0.05, 0) is 12.1 Å². The first kappa shape index (κ1) is 13.7. The molecule has 19 heavy (non-hydrogen) atoms. The minimum Gasteiger partial charge on any atom is -0.506 e. The molecule has 0 saturated carbocycles. The Morgan fingerprint density at radius 2 is 2.05 bits per heavy atom. The summed E-state index contributed by atoms with van der Waals surface area (Å²) in [7, 11) is 0. The molecule has 1 aromatic rings. The maximum atomic E-state index is 10.8. The van der Waals surface area contributed by atoms with Crippen molar-refractivity contribution in [2.24, 2.45) is 0 Å². The van der Waals surface area contributed by atoms with Gasteiger partial charge in [0, 0.05) is 6.92 Å². The molecule has 0 radical (unpaired) electrons. The third-order valence-electron chi connectivity index (χ3n) is 3.55. The molecule has 1 aliphatic heterocycles. The Balaban J connectivity index is 1.79. The van der Waals surface area contributed by atoms with E-state index < -0.39 is 0 Å². The van der Waals surface area contributed by atoms with Crippen LogP contribution < -0.4 is 15.1 Å². The number of hydrogen-bond donors (Lipinski definition) is 3. The highest BCUT2D eigenvalue weighted by molar-refractivity contribution is 5.72. The molecular weight excluding hydrogens is 242 g/mol. The van der Waals surface area contributed by atoms with E-state index in [-0.39, 0.29) is 5.91 Å². The van der Waals surface area contributed by atoms with E-state index in [1.54, 1.807) is 13.0 Å². The lowest BCUT2D eigenvalue weighted by molar-refractivity contribution is -0.899. The van der Waals surface area contributed by atoms with Crippen molar-refractivity contribution in [3.63, 3.8) is 0 Å². The summed E-state index contributed by atoms with van der Waals surface area (Å²) in [5.74, 6) is 0.386. The highest BCUT2D eigenvalue weighted by atomic mass is 16.3. The summed E-state index contributed by atoms with van der Waals surface area (Å²) in [6.45, 7) is 7.20. The van der Waals surface area contributed by atoms with Gasteiger partial charge in [-0.2, -0.15) is 0 Å². The fourth-order valence-corrected chi connectivity index (χ4v) is 2.46. The third kappa shape index (κ3) is 3.86. The Hall–Kier alpha value is -1.75. The molecule has 2 rings (SSSR count). The molecule has 1 fully saturated rings. The Morgan fingerprint density at radius 1 is 1.37 bits per heavy atom. The molecule has 5 nitrogen and oxygen atoms in total. The zero-order valence-corrected chi connectivity index (χ0v) is 11.4. The fraction of sp³-hybridized carbons (Fsp3) is 0.500. The van der Waals surface area contributed by atoms with Crippen LogP contribution in [0.2, 0.25) is 0 Å². The van der Waals surface area contributed by atoms with E-state index in [1.165, 1.54) is 4.90 Å². The van der Waals surface area contributed by atoms with Gasteiger partial charge in [0.15, 0.2) is 0 Å². The summed E-state index contributed by atoms with van der Waals surface area (Å²) in [5, 5.41) is 12.7. The summed E-state index contributed by atoms with van der Waals surface area (Å²) in [6.07, 6.45) is 0. The molecule has 0 aliphatic carbocycles. The van der Waals surface area contributed by atoms with Gasteiger partial charge < -0.3 is 20.2 Å². The number of phenols is 1.